The van der Waals surface area contributed by atoms with Crippen LogP contribution >= 0.6 is 0 Å². The minimum Gasteiger partial charge on any atom is -0.378 e. The molecular weight excluding hydrogens is 328 g/mol. The number of amides is 2. The lowest BCUT2D eigenvalue weighted by Gasteiger charge is -2.38. The lowest BCUT2D eigenvalue weighted by atomic mass is 9.92. The van der Waals surface area contributed by atoms with Crippen molar-refractivity contribution in [2.75, 3.05) is 25.1 Å². The van der Waals surface area contributed by atoms with Gasteiger partial charge < -0.3 is 4.74 Å². The Balaban J connectivity index is 1.67. The molecule has 3 aliphatic rings. The van der Waals surface area contributed by atoms with Crippen LogP contribution < -0.4 is 4.90 Å². The Hall–Kier alpha value is -1.60. The molecule has 1 saturated carbocycles. The quantitative estimate of drug-likeness (QED) is 0.840. The van der Waals surface area contributed by atoms with E-state index in [1.165, 1.54) is 4.90 Å². The molecule has 4 rings (SSSR count). The molecule has 0 radical (unpaired) electrons. The van der Waals surface area contributed by atoms with Gasteiger partial charge in [0.05, 0.1) is 11.8 Å². The molecule has 24 heavy (non-hydrogen) atoms. The summed E-state index contributed by atoms with van der Waals surface area (Å²) in [6, 6.07) is 6.19. The van der Waals surface area contributed by atoms with E-state index in [-0.39, 0.29) is 23.0 Å². The third-order valence-corrected chi connectivity index (χ3v) is 7.27. The van der Waals surface area contributed by atoms with Crippen molar-refractivity contribution in [2.45, 2.75) is 43.1 Å². The van der Waals surface area contributed by atoms with E-state index in [9.17, 15) is 13.2 Å². The summed E-state index contributed by atoms with van der Waals surface area (Å²) in [5, 5.41) is 0. The van der Waals surface area contributed by atoms with E-state index in [1.54, 1.807) is 31.3 Å². The molecule has 6 nitrogen and oxygen atoms in total. The van der Waals surface area contributed by atoms with Gasteiger partial charge >= 0.3 is 6.03 Å². The van der Waals surface area contributed by atoms with Crippen molar-refractivity contribution in [1.82, 2.24) is 4.31 Å². The van der Waals surface area contributed by atoms with Gasteiger partial charge in [-0.3, -0.25) is 4.90 Å². The maximum atomic E-state index is 13.0. The number of fused-ring (bicyclic) bond motifs is 1. The molecule has 0 bridgehead atoms. The van der Waals surface area contributed by atoms with Crippen molar-refractivity contribution >= 4 is 21.7 Å². The molecule has 7 heteroatoms. The summed E-state index contributed by atoms with van der Waals surface area (Å²) in [6.45, 7) is 0.952. The number of carbonyl (C=O) groups is 1. The van der Waals surface area contributed by atoms with Crippen LogP contribution in [0.4, 0.5) is 10.5 Å². The third-order valence-electron chi connectivity index (χ3n) is 5.51. The summed E-state index contributed by atoms with van der Waals surface area (Å²) in [6.07, 6.45) is 5.02. The van der Waals surface area contributed by atoms with Crippen molar-refractivity contribution in [3.63, 3.8) is 0 Å². The lowest BCUT2D eigenvalue weighted by molar-refractivity contribution is -0.0331. The van der Waals surface area contributed by atoms with Gasteiger partial charge in [-0.25, -0.2) is 17.5 Å². The van der Waals surface area contributed by atoms with Crippen LogP contribution in [0.5, 0.6) is 0 Å². The Morgan fingerprint density at radius 2 is 2.00 bits per heavy atom. The van der Waals surface area contributed by atoms with Crippen molar-refractivity contribution in [3.8, 4) is 0 Å². The predicted molar refractivity (Wildman–Crippen MR) is 89.4 cm³/mol. The van der Waals surface area contributed by atoms with Crippen molar-refractivity contribution in [3.05, 3.63) is 24.3 Å². The van der Waals surface area contributed by atoms with Crippen LogP contribution in [-0.4, -0.2) is 45.1 Å². The Kier molecular flexibility index (Phi) is 3.61. The number of hydrogen-bond donors (Lipinski definition) is 0. The van der Waals surface area contributed by atoms with Gasteiger partial charge in [0.1, 0.15) is 4.90 Å². The van der Waals surface area contributed by atoms with Gasteiger partial charge in [-0.1, -0.05) is 12.1 Å². The van der Waals surface area contributed by atoms with Crippen molar-refractivity contribution in [1.29, 1.82) is 0 Å². The number of sulfonamides is 1. The van der Waals surface area contributed by atoms with Crippen LogP contribution in [-0.2, 0) is 14.8 Å². The lowest BCUT2D eigenvalue weighted by Crippen LogP contribution is -2.52. The van der Waals surface area contributed by atoms with Gasteiger partial charge in [0.2, 0.25) is 0 Å². The zero-order chi connectivity index (χ0) is 16.9. The topological polar surface area (TPSA) is 66.9 Å². The molecule has 0 N–H and O–H groups in total. The number of para-hydroxylation sites is 1. The SMILES string of the molecule is CN1C(=O)N(CC2(C3CCCCO3)CC2)S(=O)(=O)c2ccccc21. The molecule has 1 aliphatic carbocycles. The number of benzene rings is 1. The van der Waals surface area contributed by atoms with Crippen LogP contribution in [0, 0.1) is 5.41 Å². The van der Waals surface area contributed by atoms with Crippen molar-refractivity contribution < 1.29 is 17.9 Å². The maximum absolute atomic E-state index is 13.0. The molecule has 0 spiro atoms. The zero-order valence-electron chi connectivity index (χ0n) is 13.8. The molecule has 2 aliphatic heterocycles. The smallest absolute Gasteiger partial charge is 0.338 e. The highest BCUT2D eigenvalue weighted by molar-refractivity contribution is 7.90. The van der Waals surface area contributed by atoms with Crippen LogP contribution in [0.15, 0.2) is 29.2 Å². The van der Waals surface area contributed by atoms with Gasteiger partial charge in [0.25, 0.3) is 10.0 Å². The van der Waals surface area contributed by atoms with Gasteiger partial charge in [-0.05, 0) is 44.2 Å². The second kappa shape index (κ2) is 5.46. The van der Waals surface area contributed by atoms with E-state index in [0.717, 1.165) is 43.0 Å². The molecule has 1 atom stereocenters. The molecule has 1 unspecified atom stereocenters. The first-order valence-electron chi connectivity index (χ1n) is 8.47. The molecule has 1 saturated heterocycles. The second-order valence-corrected chi connectivity index (χ2v) is 8.87. The molecular formula is C17H22N2O4S. The standard InChI is InChI=1S/C17H22N2O4S/c1-18-13-6-2-3-7-14(13)24(21,22)19(16(18)20)12-17(9-10-17)15-8-4-5-11-23-15/h2-3,6-7,15H,4-5,8-12H2,1H3. The van der Waals surface area contributed by atoms with E-state index in [2.05, 4.69) is 0 Å². The number of nitrogens with zero attached hydrogens (tertiary/aromatic N) is 2. The molecule has 2 heterocycles. The fourth-order valence-corrected chi connectivity index (χ4v) is 5.56. The Labute approximate surface area is 142 Å². The summed E-state index contributed by atoms with van der Waals surface area (Å²) in [5.41, 5.74) is 0.244. The zero-order valence-corrected chi connectivity index (χ0v) is 14.6. The molecule has 2 fully saturated rings. The minimum atomic E-state index is -3.81. The summed E-state index contributed by atoms with van der Waals surface area (Å²) in [5.74, 6) is 0. The van der Waals surface area contributed by atoms with E-state index in [0.29, 0.717) is 5.69 Å². The van der Waals surface area contributed by atoms with E-state index in [1.807, 2.05) is 0 Å². The average Bonchev–Trinajstić information content (AvgIpc) is 3.39. The highest BCUT2D eigenvalue weighted by Gasteiger charge is 2.55. The van der Waals surface area contributed by atoms with E-state index < -0.39 is 16.1 Å². The first kappa shape index (κ1) is 15.9. The Morgan fingerprint density at radius 1 is 1.25 bits per heavy atom. The summed E-state index contributed by atoms with van der Waals surface area (Å²) in [7, 11) is -2.19. The van der Waals surface area contributed by atoms with Crippen LogP contribution in [0.25, 0.3) is 0 Å². The van der Waals surface area contributed by atoms with Gasteiger partial charge in [-0.15, -0.1) is 0 Å². The normalized spacial score (nSPS) is 27.7. The number of rotatable bonds is 3. The number of anilines is 1. The fourth-order valence-electron chi connectivity index (χ4n) is 3.85. The second-order valence-electron chi connectivity index (χ2n) is 7.04. The predicted octanol–water partition coefficient (Wildman–Crippen LogP) is 2.60. The first-order valence-corrected chi connectivity index (χ1v) is 9.91. The molecule has 0 aromatic heterocycles. The minimum absolute atomic E-state index is 0.0664. The maximum Gasteiger partial charge on any atom is 0.338 e. The molecule has 1 aromatic rings. The van der Waals surface area contributed by atoms with E-state index in [4.69, 9.17) is 4.74 Å². The number of carbonyl (C=O) groups excluding carboxylic acids is 1. The highest BCUT2D eigenvalue weighted by atomic mass is 32.2. The number of ether oxygens (including phenoxy) is 1. The average molecular weight is 350 g/mol. The van der Waals surface area contributed by atoms with Crippen LogP contribution in [0.1, 0.15) is 32.1 Å². The summed E-state index contributed by atoms with van der Waals surface area (Å²) >= 11 is 0. The summed E-state index contributed by atoms with van der Waals surface area (Å²) < 4.78 is 32.9. The number of hydrogen-bond acceptors (Lipinski definition) is 4. The largest absolute Gasteiger partial charge is 0.378 e. The third kappa shape index (κ3) is 2.33. The highest BCUT2D eigenvalue weighted by Crippen LogP contribution is 2.53. The van der Waals surface area contributed by atoms with Gasteiger partial charge in [-0.2, -0.15) is 0 Å². The number of urea groups is 1. The van der Waals surface area contributed by atoms with Crippen LogP contribution in [0.2, 0.25) is 0 Å². The Morgan fingerprint density at radius 3 is 2.67 bits per heavy atom. The monoisotopic (exact) mass is 350 g/mol. The summed E-state index contributed by atoms with van der Waals surface area (Å²) in [4.78, 5) is 14.3. The van der Waals surface area contributed by atoms with Crippen LogP contribution in [0.3, 0.4) is 0 Å². The molecule has 2 amide bonds. The first-order chi connectivity index (χ1) is 11.5. The molecule has 1 aromatic carbocycles. The van der Waals surface area contributed by atoms with Crippen molar-refractivity contribution in [2.24, 2.45) is 5.41 Å². The molecule has 130 valence electrons. The Bertz CT molecular complexity index is 767. The van der Waals surface area contributed by atoms with Gasteiger partial charge in [0, 0.05) is 25.6 Å². The fraction of sp³-hybridized carbons (Fsp3) is 0.588. The van der Waals surface area contributed by atoms with E-state index >= 15 is 0 Å². The van der Waals surface area contributed by atoms with Gasteiger partial charge in [0.15, 0.2) is 0 Å².